The number of hydrogen-bond acceptors (Lipinski definition) is 6. The first-order chi connectivity index (χ1) is 13.3. The molecule has 2 aromatic rings. The number of esters is 1. The molecular weight excluding hydrogens is 380 g/mol. The molecule has 28 heavy (non-hydrogen) atoms. The van der Waals surface area contributed by atoms with Gasteiger partial charge in [-0.3, -0.25) is 19.3 Å². The molecular formula is C20H20N2O5S. The quantitative estimate of drug-likeness (QED) is 0.593. The average molecular weight is 400 g/mol. The van der Waals surface area contributed by atoms with Gasteiger partial charge in [0.05, 0.1) is 17.7 Å². The number of rotatable bonds is 6. The van der Waals surface area contributed by atoms with E-state index in [0.29, 0.717) is 6.54 Å². The van der Waals surface area contributed by atoms with Crippen molar-refractivity contribution in [3.8, 4) is 0 Å². The lowest BCUT2D eigenvalue weighted by molar-refractivity contribution is -0.158. The van der Waals surface area contributed by atoms with E-state index in [0.717, 1.165) is 15.3 Å². The fourth-order valence-corrected chi connectivity index (χ4v) is 3.53. The van der Waals surface area contributed by atoms with E-state index in [4.69, 9.17) is 4.74 Å². The number of benzene rings is 1. The molecule has 7 nitrogen and oxygen atoms in total. The van der Waals surface area contributed by atoms with Crippen molar-refractivity contribution in [3.05, 3.63) is 57.3 Å². The maximum atomic E-state index is 12.6. The summed E-state index contributed by atoms with van der Waals surface area (Å²) in [7, 11) is 0. The first-order valence-corrected chi connectivity index (χ1v) is 9.66. The van der Waals surface area contributed by atoms with E-state index in [-0.39, 0.29) is 11.1 Å². The largest absolute Gasteiger partial charge is 0.451 e. The Morgan fingerprint density at radius 3 is 2.54 bits per heavy atom. The van der Waals surface area contributed by atoms with Gasteiger partial charge in [-0.25, -0.2) is 4.79 Å². The molecule has 2 atom stereocenters. The Bertz CT molecular complexity index is 938. The third kappa shape index (κ3) is 3.82. The van der Waals surface area contributed by atoms with Crippen LogP contribution in [0, 0.1) is 6.92 Å². The third-order valence-electron chi connectivity index (χ3n) is 4.48. The highest BCUT2D eigenvalue weighted by Crippen LogP contribution is 2.26. The van der Waals surface area contributed by atoms with E-state index in [1.807, 2.05) is 24.4 Å². The van der Waals surface area contributed by atoms with Crippen LogP contribution in [0.5, 0.6) is 0 Å². The summed E-state index contributed by atoms with van der Waals surface area (Å²) in [6.07, 6.45) is -1.05. The van der Waals surface area contributed by atoms with E-state index in [1.165, 1.54) is 25.2 Å². The summed E-state index contributed by atoms with van der Waals surface area (Å²) in [4.78, 5) is 51.5. The van der Waals surface area contributed by atoms with Crippen molar-refractivity contribution >= 4 is 35.0 Å². The summed E-state index contributed by atoms with van der Waals surface area (Å²) in [6.45, 7) is 5.01. The van der Waals surface area contributed by atoms with Gasteiger partial charge in [0, 0.05) is 4.88 Å². The van der Waals surface area contributed by atoms with Crippen LogP contribution in [0.4, 0.5) is 0 Å². The molecule has 1 aromatic carbocycles. The van der Waals surface area contributed by atoms with Gasteiger partial charge in [0.25, 0.3) is 17.7 Å². The minimum absolute atomic E-state index is 0.261. The molecule has 8 heteroatoms. The summed E-state index contributed by atoms with van der Waals surface area (Å²) in [5.74, 6) is -2.35. The zero-order valence-electron chi connectivity index (χ0n) is 15.7. The molecule has 0 saturated heterocycles. The highest BCUT2D eigenvalue weighted by Gasteiger charge is 2.42. The molecule has 0 radical (unpaired) electrons. The molecule has 3 rings (SSSR count). The number of ether oxygens (including phenoxy) is 1. The number of hydrogen-bond donors (Lipinski definition) is 1. The molecule has 1 N–H and O–H groups in total. The highest BCUT2D eigenvalue weighted by atomic mass is 32.1. The SMILES string of the molecule is Cc1ccc2c(c1)C(=O)N(C(C)C(=O)OC(C)C(=O)NCc1cccs1)C2=O. The van der Waals surface area contributed by atoms with E-state index >= 15 is 0 Å². The van der Waals surface area contributed by atoms with Crippen molar-refractivity contribution in [2.24, 2.45) is 0 Å². The lowest BCUT2D eigenvalue weighted by Crippen LogP contribution is -2.46. The molecule has 2 unspecified atom stereocenters. The minimum atomic E-state index is -1.14. The monoisotopic (exact) mass is 400 g/mol. The second-order valence-corrected chi connectivity index (χ2v) is 7.61. The topological polar surface area (TPSA) is 92.8 Å². The van der Waals surface area contributed by atoms with Crippen LogP contribution in [0.25, 0.3) is 0 Å². The number of nitrogens with zero attached hydrogens (tertiary/aromatic N) is 1. The van der Waals surface area contributed by atoms with Crippen LogP contribution in [0.3, 0.4) is 0 Å². The van der Waals surface area contributed by atoms with Crippen LogP contribution in [0.2, 0.25) is 0 Å². The number of fused-ring (bicyclic) bond motifs is 1. The molecule has 146 valence electrons. The van der Waals surface area contributed by atoms with Crippen LogP contribution in [0.15, 0.2) is 35.7 Å². The molecule has 0 bridgehead atoms. The maximum absolute atomic E-state index is 12.6. The standard InChI is InChI=1S/C20H20N2O5S/c1-11-6-7-15-16(9-11)19(25)22(18(15)24)12(2)20(26)27-13(3)17(23)21-10-14-5-4-8-28-14/h4-9,12-13H,10H2,1-3H3,(H,21,23). The Morgan fingerprint density at radius 1 is 1.14 bits per heavy atom. The Kier molecular flexibility index (Phi) is 5.60. The Morgan fingerprint density at radius 2 is 1.86 bits per heavy atom. The molecule has 1 aliphatic rings. The molecule has 3 amide bonds. The van der Waals surface area contributed by atoms with E-state index < -0.39 is 35.8 Å². The Balaban J connectivity index is 1.62. The van der Waals surface area contributed by atoms with Crippen LogP contribution < -0.4 is 5.32 Å². The van der Waals surface area contributed by atoms with Crippen molar-refractivity contribution < 1.29 is 23.9 Å². The molecule has 1 aliphatic heterocycles. The van der Waals surface area contributed by atoms with Crippen molar-refractivity contribution in [2.75, 3.05) is 0 Å². The van der Waals surface area contributed by atoms with E-state index in [1.54, 1.807) is 18.2 Å². The lowest BCUT2D eigenvalue weighted by Gasteiger charge is -2.22. The number of nitrogens with one attached hydrogen (secondary N) is 1. The van der Waals surface area contributed by atoms with Gasteiger partial charge in [-0.1, -0.05) is 17.7 Å². The normalized spacial score (nSPS) is 15.2. The zero-order valence-corrected chi connectivity index (χ0v) is 16.5. The number of thiophene rings is 1. The fourth-order valence-electron chi connectivity index (χ4n) is 2.89. The summed E-state index contributed by atoms with van der Waals surface area (Å²) in [5.41, 5.74) is 1.37. The molecule has 0 aliphatic carbocycles. The second kappa shape index (κ2) is 7.93. The first kappa shape index (κ1) is 19.8. The van der Waals surface area contributed by atoms with Gasteiger partial charge in [-0.15, -0.1) is 11.3 Å². The smallest absolute Gasteiger partial charge is 0.329 e. The van der Waals surface area contributed by atoms with Crippen molar-refractivity contribution in [3.63, 3.8) is 0 Å². The molecule has 1 aromatic heterocycles. The fraction of sp³-hybridized carbons (Fsp3) is 0.300. The lowest BCUT2D eigenvalue weighted by atomic mass is 10.1. The second-order valence-electron chi connectivity index (χ2n) is 6.58. The van der Waals surface area contributed by atoms with Gasteiger partial charge >= 0.3 is 5.97 Å². The van der Waals surface area contributed by atoms with Gasteiger partial charge in [-0.2, -0.15) is 0 Å². The number of aryl methyl sites for hydroxylation is 1. The highest BCUT2D eigenvalue weighted by molar-refractivity contribution is 7.09. The van der Waals surface area contributed by atoms with Crippen LogP contribution >= 0.6 is 11.3 Å². The van der Waals surface area contributed by atoms with Crippen molar-refractivity contribution in [1.82, 2.24) is 10.2 Å². The average Bonchev–Trinajstić information content (AvgIpc) is 3.26. The van der Waals surface area contributed by atoms with E-state index in [9.17, 15) is 19.2 Å². The number of carbonyl (C=O) groups is 4. The predicted molar refractivity (Wildman–Crippen MR) is 103 cm³/mol. The van der Waals surface area contributed by atoms with Gasteiger partial charge in [0.2, 0.25) is 0 Å². The maximum Gasteiger partial charge on any atom is 0.329 e. The van der Waals surface area contributed by atoms with Gasteiger partial charge in [0.1, 0.15) is 6.04 Å². The number of carbonyl (C=O) groups excluding carboxylic acids is 4. The molecule has 0 spiro atoms. The Hall–Kier alpha value is -3.00. The van der Waals surface area contributed by atoms with Gasteiger partial charge in [0.15, 0.2) is 6.10 Å². The Labute approximate surface area is 166 Å². The zero-order chi connectivity index (χ0) is 20.4. The summed E-state index contributed by atoms with van der Waals surface area (Å²) < 4.78 is 5.18. The molecule has 0 fully saturated rings. The van der Waals surface area contributed by atoms with Gasteiger partial charge < -0.3 is 10.1 Å². The summed E-state index contributed by atoms with van der Waals surface area (Å²) in [5, 5.41) is 4.58. The number of amides is 3. The van der Waals surface area contributed by atoms with Crippen LogP contribution in [-0.4, -0.2) is 40.7 Å². The van der Waals surface area contributed by atoms with Crippen molar-refractivity contribution in [2.45, 2.75) is 39.5 Å². The first-order valence-electron chi connectivity index (χ1n) is 8.78. The van der Waals surface area contributed by atoms with E-state index in [2.05, 4.69) is 5.32 Å². The third-order valence-corrected chi connectivity index (χ3v) is 5.36. The molecule has 2 heterocycles. The van der Waals surface area contributed by atoms with Crippen molar-refractivity contribution in [1.29, 1.82) is 0 Å². The predicted octanol–water partition coefficient (Wildman–Crippen LogP) is 2.29. The van der Waals surface area contributed by atoms with Crippen LogP contribution in [0.1, 0.15) is 45.0 Å². The minimum Gasteiger partial charge on any atom is -0.451 e. The number of imide groups is 1. The summed E-state index contributed by atoms with van der Waals surface area (Å²) in [6, 6.07) is 7.54. The summed E-state index contributed by atoms with van der Waals surface area (Å²) >= 11 is 1.50. The molecule has 0 saturated carbocycles. The van der Waals surface area contributed by atoms with Gasteiger partial charge in [-0.05, 0) is 44.4 Å². The van der Waals surface area contributed by atoms with Crippen LogP contribution in [-0.2, 0) is 20.9 Å².